The normalized spacial score (nSPS) is 26.4. The third-order valence-corrected chi connectivity index (χ3v) is 5.50. The van der Waals surface area contributed by atoms with Crippen LogP contribution in [0.3, 0.4) is 0 Å². The first-order chi connectivity index (χ1) is 8.60. The van der Waals surface area contributed by atoms with Crippen LogP contribution in [0.5, 0.6) is 0 Å². The van der Waals surface area contributed by atoms with E-state index >= 15 is 0 Å². The van der Waals surface area contributed by atoms with Crippen molar-refractivity contribution in [1.29, 1.82) is 0 Å². The van der Waals surface area contributed by atoms with Crippen LogP contribution in [0.15, 0.2) is 11.2 Å². The van der Waals surface area contributed by atoms with Gasteiger partial charge in [0.15, 0.2) is 5.03 Å². The number of aryl methyl sites for hydroxylation is 1. The van der Waals surface area contributed by atoms with Gasteiger partial charge in [-0.3, -0.25) is 0 Å². The van der Waals surface area contributed by atoms with Crippen molar-refractivity contribution in [2.45, 2.75) is 23.9 Å². The fourth-order valence-corrected chi connectivity index (χ4v) is 4.09. The number of ether oxygens (including phenoxy) is 1. The number of rotatable bonds is 3. The molecule has 1 saturated carbocycles. The summed E-state index contributed by atoms with van der Waals surface area (Å²) in [5.74, 6) is 0.446. The lowest BCUT2D eigenvalue weighted by Gasteiger charge is -2.34. The predicted molar refractivity (Wildman–Crippen MR) is 62.2 cm³/mol. The lowest BCUT2D eigenvalue weighted by atomic mass is 10.2. The van der Waals surface area contributed by atoms with Crippen molar-refractivity contribution in [1.82, 2.24) is 19.3 Å². The Balaban J connectivity index is 1.94. The van der Waals surface area contributed by atoms with E-state index in [2.05, 4.69) is 10.3 Å². The number of nitrogens with zero attached hydrogens (tertiary/aromatic N) is 4. The minimum Gasteiger partial charge on any atom is -0.378 e. The zero-order chi connectivity index (χ0) is 12.8. The van der Waals surface area contributed by atoms with Crippen molar-refractivity contribution in [2.75, 3.05) is 19.8 Å². The molecular weight excluding hydrogens is 256 g/mol. The highest BCUT2D eigenvalue weighted by Gasteiger charge is 2.43. The molecule has 2 fully saturated rings. The highest BCUT2D eigenvalue weighted by atomic mass is 32.2. The Morgan fingerprint density at radius 3 is 2.83 bits per heavy atom. The van der Waals surface area contributed by atoms with E-state index in [0.29, 0.717) is 25.7 Å². The van der Waals surface area contributed by atoms with E-state index in [-0.39, 0.29) is 11.1 Å². The average molecular weight is 272 g/mol. The number of hydrogen-bond donors (Lipinski definition) is 0. The fraction of sp³-hybridized carbons (Fsp3) is 0.800. The predicted octanol–water partition coefficient (Wildman–Crippen LogP) is -0.385. The molecule has 1 aromatic heterocycles. The van der Waals surface area contributed by atoms with Crippen molar-refractivity contribution in [3.8, 4) is 0 Å². The molecule has 2 aliphatic rings. The molecule has 1 saturated heterocycles. The summed E-state index contributed by atoms with van der Waals surface area (Å²) in [6, 6.07) is -0.0290. The van der Waals surface area contributed by atoms with E-state index in [9.17, 15) is 8.42 Å². The first kappa shape index (κ1) is 12.1. The molecule has 100 valence electrons. The van der Waals surface area contributed by atoms with Gasteiger partial charge in [0.05, 0.1) is 25.5 Å². The first-order valence-corrected chi connectivity index (χ1v) is 7.49. The van der Waals surface area contributed by atoms with Gasteiger partial charge < -0.3 is 4.74 Å². The second-order valence-electron chi connectivity index (χ2n) is 4.79. The minimum atomic E-state index is -3.51. The molecule has 0 aromatic carbocycles. The van der Waals surface area contributed by atoms with Crippen molar-refractivity contribution >= 4 is 10.0 Å². The summed E-state index contributed by atoms with van der Waals surface area (Å²) in [7, 11) is -1.92. The van der Waals surface area contributed by atoms with E-state index in [4.69, 9.17) is 4.74 Å². The third-order valence-electron chi connectivity index (χ3n) is 3.53. The van der Waals surface area contributed by atoms with Crippen LogP contribution >= 0.6 is 0 Å². The molecule has 2 heterocycles. The Morgan fingerprint density at radius 2 is 2.22 bits per heavy atom. The number of morpholine rings is 1. The van der Waals surface area contributed by atoms with Gasteiger partial charge in [0, 0.05) is 13.6 Å². The summed E-state index contributed by atoms with van der Waals surface area (Å²) in [5, 5.41) is 7.49. The quantitative estimate of drug-likeness (QED) is 0.749. The fourth-order valence-electron chi connectivity index (χ4n) is 2.39. The second kappa shape index (κ2) is 4.29. The van der Waals surface area contributed by atoms with Gasteiger partial charge in [-0.25, -0.2) is 13.1 Å². The summed E-state index contributed by atoms with van der Waals surface area (Å²) in [6.07, 6.45) is 3.47. The van der Waals surface area contributed by atoms with Crippen molar-refractivity contribution in [3.05, 3.63) is 6.20 Å². The Labute approximate surface area is 106 Å². The second-order valence-corrected chi connectivity index (χ2v) is 6.63. The largest absolute Gasteiger partial charge is 0.378 e. The van der Waals surface area contributed by atoms with Crippen LogP contribution in [0.4, 0.5) is 0 Å². The van der Waals surface area contributed by atoms with Crippen LogP contribution in [-0.2, 0) is 21.8 Å². The van der Waals surface area contributed by atoms with Gasteiger partial charge in [-0.15, -0.1) is 5.10 Å². The molecule has 1 aromatic rings. The molecule has 8 heteroatoms. The van der Waals surface area contributed by atoms with E-state index < -0.39 is 10.0 Å². The van der Waals surface area contributed by atoms with Gasteiger partial charge in [0.2, 0.25) is 0 Å². The molecule has 7 nitrogen and oxygen atoms in total. The maximum atomic E-state index is 12.6. The molecule has 1 atom stereocenters. The van der Waals surface area contributed by atoms with E-state index in [1.807, 2.05) is 0 Å². The zero-order valence-electron chi connectivity index (χ0n) is 10.2. The molecule has 0 radical (unpaired) electrons. The standard InChI is InChI=1S/C10H16N4O3S/c1-13-10(6-11-12-13)18(15,16)14-4-5-17-7-9(14)8-2-3-8/h6,8-9H,2-5,7H2,1H3. The lowest BCUT2D eigenvalue weighted by Crippen LogP contribution is -2.50. The Kier molecular flexibility index (Phi) is 2.87. The molecule has 1 aliphatic heterocycles. The first-order valence-electron chi connectivity index (χ1n) is 6.05. The van der Waals surface area contributed by atoms with Crippen LogP contribution in [0.2, 0.25) is 0 Å². The van der Waals surface area contributed by atoms with E-state index in [1.165, 1.54) is 10.9 Å². The summed E-state index contributed by atoms with van der Waals surface area (Å²) >= 11 is 0. The topological polar surface area (TPSA) is 77.3 Å². The van der Waals surface area contributed by atoms with Gasteiger partial charge >= 0.3 is 0 Å². The van der Waals surface area contributed by atoms with E-state index in [0.717, 1.165) is 12.8 Å². The average Bonchev–Trinajstić information content (AvgIpc) is 3.11. The van der Waals surface area contributed by atoms with Crippen LogP contribution < -0.4 is 0 Å². The summed E-state index contributed by atoms with van der Waals surface area (Å²) in [5.41, 5.74) is 0. The molecule has 0 bridgehead atoms. The highest BCUT2D eigenvalue weighted by molar-refractivity contribution is 7.89. The zero-order valence-corrected chi connectivity index (χ0v) is 11.0. The van der Waals surface area contributed by atoms with Crippen molar-refractivity contribution in [2.24, 2.45) is 13.0 Å². The van der Waals surface area contributed by atoms with Crippen LogP contribution in [-0.4, -0.2) is 53.5 Å². The molecule has 0 amide bonds. The monoisotopic (exact) mass is 272 g/mol. The smallest absolute Gasteiger partial charge is 0.262 e. The number of hydrogen-bond acceptors (Lipinski definition) is 5. The van der Waals surface area contributed by atoms with Gasteiger partial charge in [-0.05, 0) is 18.8 Å². The van der Waals surface area contributed by atoms with Crippen LogP contribution in [0.25, 0.3) is 0 Å². The highest BCUT2D eigenvalue weighted by Crippen LogP contribution is 2.38. The molecular formula is C10H16N4O3S. The van der Waals surface area contributed by atoms with Gasteiger partial charge in [-0.1, -0.05) is 5.21 Å². The molecule has 1 unspecified atom stereocenters. The molecule has 3 rings (SSSR count). The number of sulfonamides is 1. The number of aromatic nitrogens is 3. The summed E-state index contributed by atoms with van der Waals surface area (Å²) in [4.78, 5) is 0. The van der Waals surface area contributed by atoms with Crippen molar-refractivity contribution in [3.63, 3.8) is 0 Å². The maximum Gasteiger partial charge on any atom is 0.262 e. The third kappa shape index (κ3) is 1.94. The molecule has 1 aliphatic carbocycles. The Morgan fingerprint density at radius 1 is 1.44 bits per heavy atom. The summed E-state index contributed by atoms with van der Waals surface area (Å²) < 4.78 is 33.4. The van der Waals surface area contributed by atoms with E-state index in [1.54, 1.807) is 11.4 Å². The Bertz CT molecular complexity index is 537. The van der Waals surface area contributed by atoms with Crippen LogP contribution in [0.1, 0.15) is 12.8 Å². The molecule has 0 N–H and O–H groups in total. The minimum absolute atomic E-state index is 0.0290. The van der Waals surface area contributed by atoms with Crippen molar-refractivity contribution < 1.29 is 13.2 Å². The molecule has 0 spiro atoms. The Hall–Kier alpha value is -0.990. The van der Waals surface area contributed by atoms with Gasteiger partial charge in [0.1, 0.15) is 0 Å². The lowest BCUT2D eigenvalue weighted by molar-refractivity contribution is 0.0245. The van der Waals surface area contributed by atoms with Gasteiger partial charge in [0.25, 0.3) is 10.0 Å². The maximum absolute atomic E-state index is 12.6. The SMILES string of the molecule is Cn1nncc1S(=O)(=O)N1CCOCC1C1CC1. The van der Waals surface area contributed by atoms with Gasteiger partial charge in [-0.2, -0.15) is 4.31 Å². The summed E-state index contributed by atoms with van der Waals surface area (Å²) in [6.45, 7) is 1.36. The molecule has 18 heavy (non-hydrogen) atoms. The van der Waals surface area contributed by atoms with Crippen LogP contribution in [0, 0.1) is 5.92 Å².